The second kappa shape index (κ2) is 3.86. The van der Waals surface area contributed by atoms with Gasteiger partial charge in [-0.3, -0.25) is 4.98 Å². The Bertz CT molecular complexity index is 504. The van der Waals surface area contributed by atoms with Crippen molar-refractivity contribution in [1.29, 1.82) is 0 Å². The number of ether oxygens (including phenoxy) is 2. The van der Waals surface area contributed by atoms with Crippen LogP contribution in [0.5, 0.6) is 5.75 Å². The highest BCUT2D eigenvalue weighted by Crippen LogP contribution is 2.44. The quantitative estimate of drug-likeness (QED) is 0.755. The van der Waals surface area contributed by atoms with Crippen molar-refractivity contribution in [2.24, 2.45) is 0 Å². The van der Waals surface area contributed by atoms with Gasteiger partial charge in [-0.1, -0.05) is 18.2 Å². The maximum Gasteiger partial charge on any atom is 0.143 e. The van der Waals surface area contributed by atoms with Gasteiger partial charge in [0.2, 0.25) is 0 Å². The smallest absolute Gasteiger partial charge is 0.143 e. The van der Waals surface area contributed by atoms with Crippen molar-refractivity contribution in [1.82, 2.24) is 4.98 Å². The highest BCUT2D eigenvalue weighted by molar-refractivity contribution is 5.41. The van der Waals surface area contributed by atoms with Crippen LogP contribution in [0.15, 0.2) is 48.8 Å². The summed E-state index contributed by atoms with van der Waals surface area (Å²) in [5.74, 6) is 0.857. The van der Waals surface area contributed by atoms with Crippen LogP contribution in [0.25, 0.3) is 0 Å². The molecule has 1 aromatic carbocycles. The third kappa shape index (κ3) is 1.68. The van der Waals surface area contributed by atoms with Gasteiger partial charge in [0.25, 0.3) is 0 Å². The van der Waals surface area contributed by atoms with E-state index in [1.807, 2.05) is 42.6 Å². The van der Waals surface area contributed by atoms with Gasteiger partial charge in [0, 0.05) is 18.0 Å². The molecule has 3 rings (SSSR count). The lowest BCUT2D eigenvalue weighted by molar-refractivity contribution is 0.348. The number of methoxy groups -OCH3 is 1. The second-order valence-electron chi connectivity index (χ2n) is 4.09. The summed E-state index contributed by atoms with van der Waals surface area (Å²) >= 11 is 0. The Kier molecular flexibility index (Phi) is 2.34. The zero-order chi connectivity index (χ0) is 11.7. The van der Waals surface area contributed by atoms with Gasteiger partial charge in [-0.25, -0.2) is 0 Å². The molecule has 1 saturated heterocycles. The van der Waals surface area contributed by atoms with E-state index in [4.69, 9.17) is 9.47 Å². The molecule has 2 aromatic rings. The van der Waals surface area contributed by atoms with E-state index in [2.05, 4.69) is 4.98 Å². The standard InChI is InChI=1S/C14H13NO2/c1-16-13-6-4-11(5-7-13)14(10-17-14)12-3-2-8-15-9-12/h2-9H,10H2,1H3. The summed E-state index contributed by atoms with van der Waals surface area (Å²) in [6.45, 7) is 0.713. The molecular formula is C14H13NO2. The van der Waals surface area contributed by atoms with Crippen LogP contribution in [-0.2, 0) is 10.3 Å². The van der Waals surface area contributed by atoms with Crippen LogP contribution in [0, 0.1) is 0 Å². The lowest BCUT2D eigenvalue weighted by atomic mass is 9.93. The lowest BCUT2D eigenvalue weighted by Crippen LogP contribution is -2.10. The first-order valence-corrected chi connectivity index (χ1v) is 5.54. The number of nitrogens with zero attached hydrogens (tertiary/aromatic N) is 1. The number of aromatic nitrogens is 1. The molecule has 1 fully saturated rings. The first kappa shape index (κ1) is 10.3. The average Bonchev–Trinajstić information content (AvgIpc) is 3.21. The predicted octanol–water partition coefficient (Wildman–Crippen LogP) is 2.36. The molecule has 0 amide bonds. The van der Waals surface area contributed by atoms with Crippen LogP contribution in [-0.4, -0.2) is 18.7 Å². The van der Waals surface area contributed by atoms with Gasteiger partial charge in [-0.2, -0.15) is 0 Å². The van der Waals surface area contributed by atoms with Crippen molar-refractivity contribution in [3.05, 3.63) is 59.9 Å². The molecule has 3 nitrogen and oxygen atoms in total. The summed E-state index contributed by atoms with van der Waals surface area (Å²) in [4.78, 5) is 4.15. The Labute approximate surface area is 100 Å². The minimum atomic E-state index is -0.291. The molecule has 0 saturated carbocycles. The summed E-state index contributed by atoms with van der Waals surface area (Å²) in [6.07, 6.45) is 3.63. The highest BCUT2D eigenvalue weighted by Gasteiger charge is 2.48. The monoisotopic (exact) mass is 227 g/mol. The largest absolute Gasteiger partial charge is 0.497 e. The van der Waals surface area contributed by atoms with E-state index in [0.717, 1.165) is 16.9 Å². The molecular weight excluding hydrogens is 214 g/mol. The molecule has 86 valence electrons. The number of rotatable bonds is 3. The van der Waals surface area contributed by atoms with Gasteiger partial charge in [0.15, 0.2) is 0 Å². The van der Waals surface area contributed by atoms with E-state index in [1.54, 1.807) is 13.3 Å². The predicted molar refractivity (Wildman–Crippen MR) is 64.0 cm³/mol. The molecule has 1 aliphatic heterocycles. The summed E-state index contributed by atoms with van der Waals surface area (Å²) in [7, 11) is 1.67. The van der Waals surface area contributed by atoms with Gasteiger partial charge >= 0.3 is 0 Å². The molecule has 1 atom stereocenters. The molecule has 0 bridgehead atoms. The minimum Gasteiger partial charge on any atom is -0.497 e. The Balaban J connectivity index is 1.98. The summed E-state index contributed by atoms with van der Waals surface area (Å²) in [5.41, 5.74) is 1.96. The third-order valence-corrected chi connectivity index (χ3v) is 3.12. The van der Waals surface area contributed by atoms with Crippen molar-refractivity contribution in [3.8, 4) is 5.75 Å². The van der Waals surface area contributed by atoms with Crippen LogP contribution in [0.1, 0.15) is 11.1 Å². The summed E-state index contributed by atoms with van der Waals surface area (Å²) in [5, 5.41) is 0. The Morgan fingerprint density at radius 2 is 1.94 bits per heavy atom. The van der Waals surface area contributed by atoms with E-state index >= 15 is 0 Å². The maximum absolute atomic E-state index is 5.66. The molecule has 1 aliphatic rings. The molecule has 1 aromatic heterocycles. The van der Waals surface area contributed by atoms with Crippen molar-refractivity contribution in [2.45, 2.75) is 5.60 Å². The van der Waals surface area contributed by atoms with Crippen molar-refractivity contribution >= 4 is 0 Å². The van der Waals surface area contributed by atoms with Crippen LogP contribution in [0.3, 0.4) is 0 Å². The number of epoxide rings is 1. The number of hydrogen-bond acceptors (Lipinski definition) is 3. The van der Waals surface area contributed by atoms with E-state index in [0.29, 0.717) is 6.61 Å². The maximum atomic E-state index is 5.66. The van der Waals surface area contributed by atoms with E-state index < -0.39 is 0 Å². The van der Waals surface area contributed by atoms with Gasteiger partial charge in [-0.15, -0.1) is 0 Å². The van der Waals surface area contributed by atoms with Gasteiger partial charge in [0.05, 0.1) is 13.7 Å². The van der Waals surface area contributed by atoms with Gasteiger partial charge < -0.3 is 9.47 Å². The van der Waals surface area contributed by atoms with Crippen molar-refractivity contribution in [2.75, 3.05) is 13.7 Å². The van der Waals surface area contributed by atoms with E-state index in [1.165, 1.54) is 0 Å². The minimum absolute atomic E-state index is 0.291. The topological polar surface area (TPSA) is 34.6 Å². The third-order valence-electron chi connectivity index (χ3n) is 3.12. The number of benzene rings is 1. The molecule has 0 aliphatic carbocycles. The molecule has 17 heavy (non-hydrogen) atoms. The number of hydrogen-bond donors (Lipinski definition) is 0. The van der Waals surface area contributed by atoms with Crippen LogP contribution < -0.4 is 4.74 Å². The van der Waals surface area contributed by atoms with Gasteiger partial charge in [0.1, 0.15) is 11.4 Å². The van der Waals surface area contributed by atoms with Crippen LogP contribution >= 0.6 is 0 Å². The fraction of sp³-hybridized carbons (Fsp3) is 0.214. The van der Waals surface area contributed by atoms with E-state index in [9.17, 15) is 0 Å². The lowest BCUT2D eigenvalue weighted by Gasteiger charge is -2.12. The first-order chi connectivity index (χ1) is 8.35. The molecule has 3 heteroatoms. The fourth-order valence-electron chi connectivity index (χ4n) is 2.03. The molecule has 0 N–H and O–H groups in total. The summed E-state index contributed by atoms with van der Waals surface area (Å²) < 4.78 is 10.8. The zero-order valence-electron chi connectivity index (χ0n) is 9.59. The molecule has 1 unspecified atom stereocenters. The molecule has 0 spiro atoms. The molecule has 0 radical (unpaired) electrons. The van der Waals surface area contributed by atoms with Crippen molar-refractivity contribution < 1.29 is 9.47 Å². The highest BCUT2D eigenvalue weighted by atomic mass is 16.6. The Morgan fingerprint density at radius 1 is 1.18 bits per heavy atom. The number of pyridine rings is 1. The summed E-state index contributed by atoms with van der Waals surface area (Å²) in [6, 6.07) is 12.0. The zero-order valence-corrected chi connectivity index (χ0v) is 9.59. The van der Waals surface area contributed by atoms with Crippen molar-refractivity contribution in [3.63, 3.8) is 0 Å². The normalized spacial score (nSPS) is 22.2. The second-order valence-corrected chi connectivity index (χ2v) is 4.09. The van der Waals surface area contributed by atoms with Crippen LogP contribution in [0.2, 0.25) is 0 Å². The van der Waals surface area contributed by atoms with E-state index in [-0.39, 0.29) is 5.60 Å². The first-order valence-electron chi connectivity index (χ1n) is 5.54. The fourth-order valence-corrected chi connectivity index (χ4v) is 2.03. The van der Waals surface area contributed by atoms with Crippen LogP contribution in [0.4, 0.5) is 0 Å². The Hall–Kier alpha value is -1.87. The molecule has 2 heterocycles. The Morgan fingerprint density at radius 3 is 2.47 bits per heavy atom. The SMILES string of the molecule is COc1ccc(C2(c3cccnc3)CO2)cc1. The average molecular weight is 227 g/mol. The van der Waals surface area contributed by atoms with Gasteiger partial charge in [-0.05, 0) is 23.8 Å².